The third-order valence-electron chi connectivity index (χ3n) is 11.9. The minimum Gasteiger partial charge on any atom is -0.462 e. The molecule has 350 valence electrons. The van der Waals surface area contributed by atoms with Crippen LogP contribution in [0.5, 0.6) is 0 Å². The number of esters is 3. The fourth-order valence-corrected chi connectivity index (χ4v) is 7.94. The Morgan fingerprint density at radius 2 is 0.492 bits per heavy atom. The summed E-state index contributed by atoms with van der Waals surface area (Å²) in [6.07, 6.45) is 43.9. The summed E-state index contributed by atoms with van der Waals surface area (Å²) < 4.78 is 16.8. The van der Waals surface area contributed by atoms with Crippen molar-refractivity contribution in [2.24, 2.45) is 17.8 Å². The van der Waals surface area contributed by atoms with E-state index < -0.39 is 6.10 Å². The summed E-state index contributed by atoms with van der Waals surface area (Å²) in [6.45, 7) is 13.7. The standard InChI is InChI=1S/C53H102O6/c1-47(2)39-33-27-21-16-12-10-8-7-9-11-13-19-25-32-38-44-53(56)59-50(46-58-52(55)43-37-31-26-20-23-29-35-41-49(5)6)45-57-51(54)42-36-30-24-18-15-14-17-22-28-34-40-48(3)4/h47-50H,7-46H2,1-6H3/t50-/m0/s1. The van der Waals surface area contributed by atoms with Gasteiger partial charge in [-0.2, -0.15) is 0 Å². The number of unbranched alkanes of at least 4 members (excludes halogenated alkanes) is 29. The van der Waals surface area contributed by atoms with Crippen LogP contribution in [0.4, 0.5) is 0 Å². The molecule has 1 atom stereocenters. The lowest BCUT2D eigenvalue weighted by Gasteiger charge is -2.18. The topological polar surface area (TPSA) is 78.9 Å². The Kier molecular flexibility index (Phi) is 43.3. The van der Waals surface area contributed by atoms with Gasteiger partial charge in [0, 0.05) is 19.3 Å². The third-order valence-corrected chi connectivity index (χ3v) is 11.9. The number of ether oxygens (including phenoxy) is 3. The molecule has 0 bridgehead atoms. The average molecular weight is 835 g/mol. The highest BCUT2D eigenvalue weighted by atomic mass is 16.6. The van der Waals surface area contributed by atoms with Crippen molar-refractivity contribution in [2.75, 3.05) is 13.2 Å². The minimum atomic E-state index is -0.763. The average Bonchev–Trinajstić information content (AvgIpc) is 3.19. The fourth-order valence-electron chi connectivity index (χ4n) is 7.94. The lowest BCUT2D eigenvalue weighted by molar-refractivity contribution is -0.167. The van der Waals surface area contributed by atoms with Crippen molar-refractivity contribution >= 4 is 17.9 Å². The lowest BCUT2D eigenvalue weighted by Crippen LogP contribution is -2.30. The van der Waals surface area contributed by atoms with Crippen LogP contribution in [0.25, 0.3) is 0 Å². The predicted octanol–water partition coefficient (Wildman–Crippen LogP) is 16.8. The summed E-state index contributed by atoms with van der Waals surface area (Å²) in [6, 6.07) is 0. The van der Waals surface area contributed by atoms with Crippen LogP contribution in [-0.2, 0) is 28.6 Å². The molecule has 6 nitrogen and oxygen atoms in total. The molecular formula is C53H102O6. The van der Waals surface area contributed by atoms with E-state index in [1.165, 1.54) is 167 Å². The summed E-state index contributed by atoms with van der Waals surface area (Å²) >= 11 is 0. The van der Waals surface area contributed by atoms with Gasteiger partial charge in [-0.25, -0.2) is 0 Å². The molecule has 0 fully saturated rings. The third kappa shape index (κ3) is 47.3. The summed E-state index contributed by atoms with van der Waals surface area (Å²) in [5.41, 5.74) is 0. The lowest BCUT2D eigenvalue weighted by atomic mass is 10.0. The Labute approximate surface area is 368 Å². The molecule has 59 heavy (non-hydrogen) atoms. The number of hydrogen-bond donors (Lipinski definition) is 0. The molecule has 0 saturated carbocycles. The maximum absolute atomic E-state index is 12.8. The maximum Gasteiger partial charge on any atom is 0.306 e. The van der Waals surface area contributed by atoms with Gasteiger partial charge >= 0.3 is 17.9 Å². The summed E-state index contributed by atoms with van der Waals surface area (Å²) in [5, 5.41) is 0. The van der Waals surface area contributed by atoms with Crippen LogP contribution < -0.4 is 0 Å². The van der Waals surface area contributed by atoms with Gasteiger partial charge in [-0.15, -0.1) is 0 Å². The number of hydrogen-bond acceptors (Lipinski definition) is 6. The van der Waals surface area contributed by atoms with E-state index in [0.29, 0.717) is 19.3 Å². The van der Waals surface area contributed by atoms with Crippen molar-refractivity contribution in [3.8, 4) is 0 Å². The van der Waals surface area contributed by atoms with E-state index in [-0.39, 0.29) is 31.1 Å². The van der Waals surface area contributed by atoms with Gasteiger partial charge in [0.2, 0.25) is 0 Å². The molecule has 6 heteroatoms. The van der Waals surface area contributed by atoms with E-state index in [1.807, 2.05) is 0 Å². The summed E-state index contributed by atoms with van der Waals surface area (Å²) in [4.78, 5) is 37.9. The largest absolute Gasteiger partial charge is 0.462 e. The van der Waals surface area contributed by atoms with Crippen LogP contribution in [0.15, 0.2) is 0 Å². The highest BCUT2D eigenvalue weighted by Crippen LogP contribution is 2.18. The fraction of sp³-hybridized carbons (Fsp3) is 0.943. The molecule has 0 amide bonds. The van der Waals surface area contributed by atoms with Crippen molar-refractivity contribution in [2.45, 2.75) is 292 Å². The molecule has 0 heterocycles. The van der Waals surface area contributed by atoms with E-state index in [1.54, 1.807) is 0 Å². The predicted molar refractivity (Wildman–Crippen MR) is 252 cm³/mol. The van der Waals surface area contributed by atoms with Crippen LogP contribution >= 0.6 is 0 Å². The maximum atomic E-state index is 12.8. The van der Waals surface area contributed by atoms with Crippen LogP contribution in [0, 0.1) is 17.8 Å². The minimum absolute atomic E-state index is 0.0652. The SMILES string of the molecule is CC(C)CCCCCCCCCCCCCCCCCC(=O)O[C@@H](COC(=O)CCCCCCCCCCCCC(C)C)COC(=O)CCCCCCCCCC(C)C. The second-order valence-corrected chi connectivity index (χ2v) is 19.6. The number of carbonyl (C=O) groups is 3. The molecule has 0 spiro atoms. The Bertz CT molecular complexity index is 914. The molecule has 0 rings (SSSR count). The van der Waals surface area contributed by atoms with E-state index in [2.05, 4.69) is 41.5 Å². The van der Waals surface area contributed by atoms with Crippen LogP contribution in [0.1, 0.15) is 286 Å². The number of carbonyl (C=O) groups excluding carboxylic acids is 3. The van der Waals surface area contributed by atoms with E-state index >= 15 is 0 Å². The number of rotatable bonds is 46. The highest BCUT2D eigenvalue weighted by molar-refractivity contribution is 5.71. The van der Waals surface area contributed by atoms with Gasteiger partial charge in [0.1, 0.15) is 13.2 Å². The van der Waals surface area contributed by atoms with Crippen molar-refractivity contribution in [3.05, 3.63) is 0 Å². The zero-order chi connectivity index (χ0) is 43.4. The molecule has 0 radical (unpaired) electrons. The monoisotopic (exact) mass is 835 g/mol. The quantitative estimate of drug-likeness (QED) is 0.0345. The van der Waals surface area contributed by atoms with E-state index in [9.17, 15) is 14.4 Å². The molecular weight excluding hydrogens is 733 g/mol. The molecule has 0 N–H and O–H groups in total. The zero-order valence-corrected chi connectivity index (χ0v) is 40.5. The van der Waals surface area contributed by atoms with E-state index in [0.717, 1.165) is 75.5 Å². The Hall–Kier alpha value is -1.59. The Balaban J connectivity index is 4.28. The first-order valence-electron chi connectivity index (χ1n) is 26.1. The molecule has 0 aliphatic heterocycles. The van der Waals surface area contributed by atoms with Gasteiger partial charge < -0.3 is 14.2 Å². The molecule has 0 aliphatic carbocycles. The summed E-state index contributed by atoms with van der Waals surface area (Å²) in [5.74, 6) is 1.59. The molecule has 0 aromatic carbocycles. The second kappa shape index (κ2) is 44.5. The van der Waals surface area contributed by atoms with Gasteiger partial charge in [-0.3, -0.25) is 14.4 Å². The van der Waals surface area contributed by atoms with Crippen molar-refractivity contribution < 1.29 is 28.6 Å². The van der Waals surface area contributed by atoms with Crippen molar-refractivity contribution in [1.82, 2.24) is 0 Å². The smallest absolute Gasteiger partial charge is 0.306 e. The molecule has 0 saturated heterocycles. The Morgan fingerprint density at radius 3 is 0.729 bits per heavy atom. The first kappa shape index (κ1) is 57.4. The van der Waals surface area contributed by atoms with Gasteiger partial charge in [-0.1, -0.05) is 247 Å². The van der Waals surface area contributed by atoms with Crippen LogP contribution in [0.2, 0.25) is 0 Å². The van der Waals surface area contributed by atoms with Gasteiger partial charge in [-0.05, 0) is 37.0 Å². The van der Waals surface area contributed by atoms with Gasteiger partial charge in [0.05, 0.1) is 0 Å². The first-order chi connectivity index (χ1) is 28.6. The van der Waals surface area contributed by atoms with Crippen LogP contribution in [-0.4, -0.2) is 37.2 Å². The highest BCUT2D eigenvalue weighted by Gasteiger charge is 2.19. The molecule has 0 unspecified atom stereocenters. The van der Waals surface area contributed by atoms with Crippen molar-refractivity contribution in [1.29, 1.82) is 0 Å². The molecule has 0 aromatic rings. The van der Waals surface area contributed by atoms with Gasteiger partial charge in [0.25, 0.3) is 0 Å². The molecule has 0 aliphatic rings. The molecule has 0 aromatic heterocycles. The Morgan fingerprint density at radius 1 is 0.288 bits per heavy atom. The summed E-state index contributed by atoms with van der Waals surface area (Å²) in [7, 11) is 0. The first-order valence-corrected chi connectivity index (χ1v) is 26.1. The zero-order valence-electron chi connectivity index (χ0n) is 40.5. The normalized spacial score (nSPS) is 12.2. The van der Waals surface area contributed by atoms with Gasteiger partial charge in [0.15, 0.2) is 6.10 Å². The van der Waals surface area contributed by atoms with E-state index in [4.69, 9.17) is 14.2 Å². The van der Waals surface area contributed by atoms with Crippen LogP contribution in [0.3, 0.4) is 0 Å². The van der Waals surface area contributed by atoms with Crippen molar-refractivity contribution in [3.63, 3.8) is 0 Å². The second-order valence-electron chi connectivity index (χ2n) is 19.6.